The highest BCUT2D eigenvalue weighted by Gasteiger charge is 2.16. The van der Waals surface area contributed by atoms with E-state index in [2.05, 4.69) is 52.2 Å². The topological polar surface area (TPSA) is 41.8 Å². The third kappa shape index (κ3) is 4.66. The molecular formula is C14H25IN4O. The summed E-state index contributed by atoms with van der Waals surface area (Å²) in [6.45, 7) is 2.57. The van der Waals surface area contributed by atoms with Crippen molar-refractivity contribution in [2.45, 2.75) is 25.5 Å². The van der Waals surface area contributed by atoms with Gasteiger partial charge in [0, 0.05) is 46.2 Å². The average molecular weight is 392 g/mol. The molecule has 1 fully saturated rings. The number of aryl methyl sites for hydroxylation is 1. The summed E-state index contributed by atoms with van der Waals surface area (Å²) in [5.41, 5.74) is 1.27. The van der Waals surface area contributed by atoms with Crippen LogP contribution >= 0.6 is 24.0 Å². The number of ether oxygens (including phenoxy) is 1. The van der Waals surface area contributed by atoms with E-state index in [-0.39, 0.29) is 24.0 Å². The fourth-order valence-corrected chi connectivity index (χ4v) is 2.37. The van der Waals surface area contributed by atoms with Crippen LogP contribution in [0.15, 0.2) is 23.3 Å². The molecule has 6 heteroatoms. The van der Waals surface area contributed by atoms with Crippen LogP contribution in [0, 0.1) is 0 Å². The lowest BCUT2D eigenvalue weighted by Gasteiger charge is -2.23. The Morgan fingerprint density at radius 3 is 2.95 bits per heavy atom. The Morgan fingerprint density at radius 1 is 1.60 bits per heavy atom. The second kappa shape index (κ2) is 8.51. The van der Waals surface area contributed by atoms with Crippen molar-refractivity contribution in [2.75, 3.05) is 27.2 Å². The fourth-order valence-electron chi connectivity index (χ4n) is 2.37. The summed E-state index contributed by atoms with van der Waals surface area (Å²) in [7, 11) is 5.93. The second-order valence-corrected chi connectivity index (χ2v) is 5.03. The highest BCUT2D eigenvalue weighted by atomic mass is 127. The predicted molar refractivity (Wildman–Crippen MR) is 92.6 cm³/mol. The van der Waals surface area contributed by atoms with Gasteiger partial charge in [0.1, 0.15) is 0 Å². The molecule has 0 aromatic carbocycles. The van der Waals surface area contributed by atoms with Crippen LogP contribution in [0.25, 0.3) is 0 Å². The molecule has 1 aliphatic rings. The van der Waals surface area contributed by atoms with E-state index >= 15 is 0 Å². The smallest absolute Gasteiger partial charge is 0.193 e. The van der Waals surface area contributed by atoms with Gasteiger partial charge in [-0.1, -0.05) is 0 Å². The van der Waals surface area contributed by atoms with Crippen LogP contribution in [-0.4, -0.2) is 48.8 Å². The number of guanidine groups is 1. The number of nitrogens with one attached hydrogen (secondary N) is 1. The zero-order valence-corrected chi connectivity index (χ0v) is 14.8. The van der Waals surface area contributed by atoms with E-state index in [1.54, 1.807) is 0 Å². The van der Waals surface area contributed by atoms with Gasteiger partial charge in [0.2, 0.25) is 0 Å². The molecule has 114 valence electrons. The number of nitrogens with zero attached hydrogens (tertiary/aromatic N) is 3. The van der Waals surface area contributed by atoms with Gasteiger partial charge in [0.15, 0.2) is 5.96 Å². The zero-order valence-electron chi connectivity index (χ0n) is 12.5. The lowest BCUT2D eigenvalue weighted by Crippen LogP contribution is -2.42. The van der Waals surface area contributed by atoms with E-state index in [0.29, 0.717) is 6.10 Å². The van der Waals surface area contributed by atoms with Crippen LogP contribution in [0.3, 0.4) is 0 Å². The largest absolute Gasteiger partial charge is 0.376 e. The Morgan fingerprint density at radius 2 is 2.40 bits per heavy atom. The van der Waals surface area contributed by atoms with Gasteiger partial charge in [-0.25, -0.2) is 0 Å². The monoisotopic (exact) mass is 392 g/mol. The zero-order chi connectivity index (χ0) is 13.7. The Bertz CT molecular complexity index is 427. The van der Waals surface area contributed by atoms with Crippen LogP contribution < -0.4 is 5.32 Å². The first-order valence-electron chi connectivity index (χ1n) is 6.84. The summed E-state index contributed by atoms with van der Waals surface area (Å²) in [5, 5.41) is 3.38. The van der Waals surface area contributed by atoms with Crippen molar-refractivity contribution in [1.29, 1.82) is 0 Å². The molecule has 0 bridgehead atoms. The molecule has 5 nitrogen and oxygen atoms in total. The van der Waals surface area contributed by atoms with Gasteiger partial charge in [0.25, 0.3) is 0 Å². The number of hydrogen-bond donors (Lipinski definition) is 1. The quantitative estimate of drug-likeness (QED) is 0.483. The van der Waals surface area contributed by atoms with Crippen molar-refractivity contribution in [1.82, 2.24) is 14.8 Å². The Balaban J connectivity index is 0.00000200. The molecule has 1 atom stereocenters. The average Bonchev–Trinajstić information content (AvgIpc) is 3.03. The normalized spacial score (nSPS) is 18.8. The molecule has 2 rings (SSSR count). The summed E-state index contributed by atoms with van der Waals surface area (Å²) in [5.74, 6) is 0.914. The molecule has 0 radical (unpaired) electrons. The molecule has 1 aromatic rings. The van der Waals surface area contributed by atoms with Crippen LogP contribution in [0.1, 0.15) is 18.5 Å². The number of rotatable bonds is 4. The number of aliphatic imine (C=N–C) groups is 1. The molecular weight excluding hydrogens is 367 g/mol. The van der Waals surface area contributed by atoms with E-state index < -0.39 is 0 Å². The van der Waals surface area contributed by atoms with Crippen molar-refractivity contribution >= 4 is 29.9 Å². The first-order valence-corrected chi connectivity index (χ1v) is 6.84. The van der Waals surface area contributed by atoms with Gasteiger partial charge in [-0.3, -0.25) is 4.99 Å². The number of hydrogen-bond acceptors (Lipinski definition) is 2. The summed E-state index contributed by atoms with van der Waals surface area (Å²) in [4.78, 5) is 6.46. The van der Waals surface area contributed by atoms with E-state index in [0.717, 1.165) is 32.1 Å². The van der Waals surface area contributed by atoms with Crippen molar-refractivity contribution in [3.63, 3.8) is 0 Å². The molecule has 0 saturated carbocycles. The summed E-state index contributed by atoms with van der Waals surface area (Å²) >= 11 is 0. The van der Waals surface area contributed by atoms with Crippen molar-refractivity contribution in [3.05, 3.63) is 24.0 Å². The van der Waals surface area contributed by atoms with E-state index in [9.17, 15) is 0 Å². The molecule has 20 heavy (non-hydrogen) atoms. The molecule has 0 spiro atoms. The van der Waals surface area contributed by atoms with E-state index in [1.165, 1.54) is 12.1 Å². The maximum atomic E-state index is 5.61. The van der Waals surface area contributed by atoms with Crippen LogP contribution in [0.4, 0.5) is 0 Å². The van der Waals surface area contributed by atoms with Gasteiger partial charge in [-0.15, -0.1) is 24.0 Å². The minimum atomic E-state index is 0. The lowest BCUT2D eigenvalue weighted by molar-refractivity contribution is 0.113. The fraction of sp³-hybridized carbons (Fsp3) is 0.643. The summed E-state index contributed by atoms with van der Waals surface area (Å²) in [6.07, 6.45) is 4.71. The molecule has 1 saturated heterocycles. The number of halogens is 1. The molecule has 2 heterocycles. The number of aromatic nitrogens is 1. The van der Waals surface area contributed by atoms with E-state index in [4.69, 9.17) is 4.74 Å². The maximum Gasteiger partial charge on any atom is 0.193 e. The summed E-state index contributed by atoms with van der Waals surface area (Å²) < 4.78 is 7.74. The lowest BCUT2D eigenvalue weighted by atomic mass is 10.2. The van der Waals surface area contributed by atoms with Gasteiger partial charge in [-0.05, 0) is 25.0 Å². The van der Waals surface area contributed by atoms with Crippen molar-refractivity contribution in [2.24, 2.45) is 12.0 Å². The van der Waals surface area contributed by atoms with Crippen molar-refractivity contribution < 1.29 is 4.74 Å². The van der Waals surface area contributed by atoms with Gasteiger partial charge in [0.05, 0.1) is 12.6 Å². The molecule has 1 aromatic heterocycles. The molecule has 1 aliphatic heterocycles. The van der Waals surface area contributed by atoms with Crippen LogP contribution in [0.2, 0.25) is 0 Å². The SMILES string of the molecule is CN=C(NCC1CCCO1)N(C)Cc1cccn1C.I. The first-order chi connectivity index (χ1) is 9.20. The Kier molecular flexibility index (Phi) is 7.36. The maximum absolute atomic E-state index is 5.61. The minimum Gasteiger partial charge on any atom is -0.376 e. The Hall–Kier alpha value is -0.760. The molecule has 0 amide bonds. The predicted octanol–water partition coefficient (Wildman–Crippen LogP) is 1.83. The summed E-state index contributed by atoms with van der Waals surface area (Å²) in [6, 6.07) is 4.19. The first kappa shape index (κ1) is 17.3. The van der Waals surface area contributed by atoms with Gasteiger partial charge in [-0.2, -0.15) is 0 Å². The second-order valence-electron chi connectivity index (χ2n) is 5.03. The van der Waals surface area contributed by atoms with Crippen molar-refractivity contribution in [3.8, 4) is 0 Å². The van der Waals surface area contributed by atoms with Crippen LogP contribution in [-0.2, 0) is 18.3 Å². The molecule has 1 N–H and O–H groups in total. The molecule has 0 aliphatic carbocycles. The molecule has 1 unspecified atom stereocenters. The van der Waals surface area contributed by atoms with Crippen LogP contribution in [0.5, 0.6) is 0 Å². The van der Waals surface area contributed by atoms with E-state index in [1.807, 2.05) is 7.05 Å². The van der Waals surface area contributed by atoms with Gasteiger partial charge >= 0.3 is 0 Å². The van der Waals surface area contributed by atoms with Gasteiger partial charge < -0.3 is 19.5 Å². The third-order valence-corrected chi connectivity index (χ3v) is 3.54. The highest BCUT2D eigenvalue weighted by Crippen LogP contribution is 2.10. The minimum absolute atomic E-state index is 0. The Labute approximate surface area is 138 Å². The highest BCUT2D eigenvalue weighted by molar-refractivity contribution is 14.0. The standard InChI is InChI=1S/C14H24N4O.HI/c1-15-14(16-10-13-7-5-9-19-13)18(3)11-12-6-4-8-17(12)2;/h4,6,8,13H,5,7,9-11H2,1-3H3,(H,15,16);1H. The third-order valence-electron chi connectivity index (χ3n) is 3.54.